The monoisotopic (exact) mass is 537 g/mol. The zero-order valence-corrected chi connectivity index (χ0v) is 23.1. The Hall–Kier alpha value is -4.60. The largest absolute Gasteiger partial charge is 0.327 e. The number of pyridine rings is 1. The van der Waals surface area contributed by atoms with Crippen LogP contribution in [0.4, 0.5) is 0 Å². The van der Waals surface area contributed by atoms with Gasteiger partial charge in [-0.2, -0.15) is 5.10 Å². The molecule has 0 radical (unpaired) electrons. The highest BCUT2D eigenvalue weighted by molar-refractivity contribution is 6.46. The molecule has 2 fully saturated rings. The topological polar surface area (TPSA) is 123 Å². The average Bonchev–Trinajstić information content (AvgIpc) is 3.27. The van der Waals surface area contributed by atoms with Crippen molar-refractivity contribution in [2.45, 2.75) is 59.2 Å². The molecule has 1 aliphatic heterocycles. The van der Waals surface area contributed by atoms with E-state index in [0.717, 1.165) is 6.42 Å². The molecule has 204 valence electrons. The first-order chi connectivity index (χ1) is 19.1. The number of aryl methyl sites for hydroxylation is 2. The minimum Gasteiger partial charge on any atom is -0.327 e. The molecule has 1 aliphatic carbocycles. The molecule has 5 rings (SSSR count). The predicted molar refractivity (Wildman–Crippen MR) is 152 cm³/mol. The molecular weight excluding hydrogens is 506 g/mol. The summed E-state index contributed by atoms with van der Waals surface area (Å²) in [6, 6.07) is 1.10. The van der Waals surface area contributed by atoms with E-state index < -0.39 is 6.04 Å². The van der Waals surface area contributed by atoms with Crippen molar-refractivity contribution in [3.8, 4) is 11.3 Å². The normalized spacial score (nSPS) is 22.0. The first-order valence-electron chi connectivity index (χ1n) is 13.1. The summed E-state index contributed by atoms with van der Waals surface area (Å²) in [6.45, 7) is 14.3. The smallest absolute Gasteiger partial charge is 0.245 e. The maximum atomic E-state index is 13.9. The van der Waals surface area contributed by atoms with Gasteiger partial charge in [-0.05, 0) is 44.2 Å². The van der Waals surface area contributed by atoms with Gasteiger partial charge in [-0.3, -0.25) is 29.0 Å². The summed E-state index contributed by atoms with van der Waals surface area (Å²) >= 11 is 0. The molecular formula is C30H31N7O3. The van der Waals surface area contributed by atoms with Crippen molar-refractivity contribution in [2.75, 3.05) is 0 Å². The molecule has 3 aromatic heterocycles. The molecule has 0 aromatic carbocycles. The van der Waals surface area contributed by atoms with E-state index in [1.807, 2.05) is 6.92 Å². The number of likely N-dealkylation sites (tertiary alicyclic amines) is 1. The molecule has 0 N–H and O–H groups in total. The van der Waals surface area contributed by atoms with E-state index in [4.69, 9.17) is 4.98 Å². The van der Waals surface area contributed by atoms with Crippen molar-refractivity contribution >= 4 is 34.1 Å². The van der Waals surface area contributed by atoms with Gasteiger partial charge in [-0.15, -0.1) is 0 Å². The average molecular weight is 538 g/mol. The molecule has 3 aromatic rings. The maximum absolute atomic E-state index is 13.9. The number of hydrogen-bond acceptors (Lipinski definition) is 8. The van der Waals surface area contributed by atoms with Crippen LogP contribution in [-0.4, -0.2) is 64.9 Å². The minimum atomic E-state index is -0.647. The van der Waals surface area contributed by atoms with Crippen LogP contribution in [0.15, 0.2) is 61.0 Å². The van der Waals surface area contributed by atoms with E-state index in [2.05, 4.69) is 40.1 Å². The second-order valence-corrected chi connectivity index (χ2v) is 10.6. The quantitative estimate of drug-likeness (QED) is 0.230. The molecule has 0 spiro atoms. The number of carbonyl (C=O) groups is 3. The second kappa shape index (κ2) is 10.2. The molecule has 3 atom stereocenters. The third kappa shape index (κ3) is 4.70. The number of carbonyl (C=O) groups excluding carboxylic acids is 3. The molecule has 10 nitrogen and oxygen atoms in total. The highest BCUT2D eigenvalue weighted by Crippen LogP contribution is 2.59. The van der Waals surface area contributed by atoms with E-state index in [1.54, 1.807) is 48.5 Å². The number of allylic oxidation sites excluding steroid dienone is 3. The summed E-state index contributed by atoms with van der Waals surface area (Å²) in [5, 5.41) is 5.15. The van der Waals surface area contributed by atoms with Gasteiger partial charge in [0.15, 0.2) is 5.78 Å². The lowest BCUT2D eigenvalue weighted by Crippen LogP contribution is -2.46. The van der Waals surface area contributed by atoms with Crippen LogP contribution in [0.2, 0.25) is 0 Å². The zero-order chi connectivity index (χ0) is 28.8. The molecule has 0 unspecified atom stereocenters. The fourth-order valence-corrected chi connectivity index (χ4v) is 5.63. The van der Waals surface area contributed by atoms with Crippen LogP contribution in [0.3, 0.4) is 0 Å². The fraction of sp³-hybridized carbons (Fsp3) is 0.333. The van der Waals surface area contributed by atoms with Gasteiger partial charge >= 0.3 is 0 Å². The van der Waals surface area contributed by atoms with E-state index in [-0.39, 0.29) is 46.9 Å². The third-order valence-corrected chi connectivity index (χ3v) is 7.70. The molecule has 1 amide bonds. The Kier molecular flexibility index (Phi) is 6.87. The number of aliphatic imine (C=N–C) groups is 1. The Bertz CT molecular complexity index is 1630. The van der Waals surface area contributed by atoms with E-state index in [9.17, 15) is 14.4 Å². The lowest BCUT2D eigenvalue weighted by atomic mass is 9.96. The number of fused-ring (bicyclic) bond motifs is 2. The fourth-order valence-electron chi connectivity index (χ4n) is 5.63. The van der Waals surface area contributed by atoms with Gasteiger partial charge in [0.1, 0.15) is 23.8 Å². The number of aromatic nitrogens is 5. The second-order valence-electron chi connectivity index (χ2n) is 10.6. The van der Waals surface area contributed by atoms with Crippen molar-refractivity contribution < 1.29 is 14.4 Å². The van der Waals surface area contributed by atoms with Crippen LogP contribution in [-0.2, 0) is 16.1 Å². The van der Waals surface area contributed by atoms with Gasteiger partial charge in [0.25, 0.3) is 0 Å². The van der Waals surface area contributed by atoms with Gasteiger partial charge < -0.3 is 4.90 Å². The Morgan fingerprint density at radius 3 is 2.55 bits per heavy atom. The van der Waals surface area contributed by atoms with Crippen LogP contribution in [0.5, 0.6) is 0 Å². The van der Waals surface area contributed by atoms with Gasteiger partial charge in [0.05, 0.1) is 22.9 Å². The van der Waals surface area contributed by atoms with E-state index in [1.165, 1.54) is 17.8 Å². The first-order valence-corrected chi connectivity index (χ1v) is 13.1. The van der Waals surface area contributed by atoms with Crippen LogP contribution in [0, 0.1) is 19.3 Å². The number of ketones is 2. The summed E-state index contributed by atoms with van der Waals surface area (Å²) in [4.78, 5) is 59.0. The van der Waals surface area contributed by atoms with Crippen molar-refractivity contribution in [3.05, 3.63) is 73.3 Å². The molecule has 1 saturated carbocycles. The van der Waals surface area contributed by atoms with Crippen LogP contribution in [0.1, 0.15) is 48.7 Å². The highest BCUT2D eigenvalue weighted by atomic mass is 16.2. The summed E-state index contributed by atoms with van der Waals surface area (Å²) in [5.41, 5.74) is 2.89. The van der Waals surface area contributed by atoms with Gasteiger partial charge in [-0.1, -0.05) is 32.2 Å². The Balaban J connectivity index is 1.51. The lowest BCUT2D eigenvalue weighted by Gasteiger charge is -2.26. The third-order valence-electron chi connectivity index (χ3n) is 7.70. The summed E-state index contributed by atoms with van der Waals surface area (Å²) < 4.78 is 1.53. The molecule has 4 heterocycles. The molecule has 0 bridgehead atoms. The summed E-state index contributed by atoms with van der Waals surface area (Å²) in [7, 11) is 0. The van der Waals surface area contributed by atoms with E-state index >= 15 is 0 Å². The van der Waals surface area contributed by atoms with Gasteiger partial charge in [-0.25, -0.2) is 9.97 Å². The SMILES string of the molecule is C=C/C=C\C(=N/C=C)C(=O)[C@@H]1C[C@@]2(C)C[C@H]2N1C(=O)Cn1nc(C(C)=O)c2cc(-c3cnc(C)nc3)nc(C)c21. The van der Waals surface area contributed by atoms with Crippen molar-refractivity contribution in [1.29, 1.82) is 0 Å². The number of nitrogens with zero attached hydrogens (tertiary/aromatic N) is 7. The molecule has 10 heteroatoms. The predicted octanol–water partition coefficient (Wildman–Crippen LogP) is 3.98. The minimum absolute atomic E-state index is 0.0382. The summed E-state index contributed by atoms with van der Waals surface area (Å²) in [5.74, 6) is -0.0685. The van der Waals surface area contributed by atoms with Crippen LogP contribution in [0.25, 0.3) is 22.2 Å². The van der Waals surface area contributed by atoms with Crippen LogP contribution < -0.4 is 0 Å². The Labute approximate surface area is 232 Å². The number of piperidine rings is 1. The lowest BCUT2D eigenvalue weighted by molar-refractivity contribution is -0.137. The number of Topliss-reactive ketones (excluding diaryl/α,β-unsaturated/α-hetero) is 2. The van der Waals surface area contributed by atoms with Gasteiger partial charge in [0.2, 0.25) is 11.7 Å². The highest BCUT2D eigenvalue weighted by Gasteiger charge is 2.64. The number of hydrogen-bond donors (Lipinski definition) is 0. The van der Waals surface area contributed by atoms with Crippen molar-refractivity contribution in [2.24, 2.45) is 10.4 Å². The summed E-state index contributed by atoms with van der Waals surface area (Å²) in [6.07, 6.45) is 10.8. The van der Waals surface area contributed by atoms with Gasteiger partial charge in [0, 0.05) is 42.5 Å². The number of amides is 1. The standard InChI is InChI=1S/C30H31N7O3/c1-7-9-10-22(31-8-2)29(40)24-12-30(6)13-25(30)37(24)26(39)16-36-28-17(3)34-23(20-14-32-19(5)33-15-20)11-21(28)27(35-36)18(4)38/h7-11,14-15,24-25H,1-2,12-13,16H2,3-6H3/b10-9-,31-22+/t24-,25+,30-/m0/s1. The van der Waals surface area contributed by atoms with Crippen LogP contribution >= 0.6 is 0 Å². The number of rotatable bonds is 9. The van der Waals surface area contributed by atoms with E-state index in [0.29, 0.717) is 40.1 Å². The molecule has 1 saturated heterocycles. The zero-order valence-electron chi connectivity index (χ0n) is 23.1. The maximum Gasteiger partial charge on any atom is 0.245 e. The molecule has 2 aliphatic rings. The van der Waals surface area contributed by atoms with Crippen molar-refractivity contribution in [1.82, 2.24) is 29.6 Å². The first kappa shape index (κ1) is 27.0. The molecule has 40 heavy (non-hydrogen) atoms. The van der Waals surface area contributed by atoms with Crippen molar-refractivity contribution in [3.63, 3.8) is 0 Å². The Morgan fingerprint density at radius 2 is 1.90 bits per heavy atom. The Morgan fingerprint density at radius 1 is 1.18 bits per heavy atom.